The third-order valence-electron chi connectivity index (χ3n) is 3.59. The maximum absolute atomic E-state index is 12.5. The lowest BCUT2D eigenvalue weighted by molar-refractivity contribution is 0.101. The van der Waals surface area contributed by atoms with Crippen molar-refractivity contribution in [2.45, 2.75) is 0 Å². The minimum absolute atomic E-state index is 0.196. The van der Waals surface area contributed by atoms with Crippen LogP contribution in [0.3, 0.4) is 0 Å². The zero-order valence-electron chi connectivity index (χ0n) is 13.0. The van der Waals surface area contributed by atoms with Crippen LogP contribution in [0.5, 0.6) is 5.75 Å². The fourth-order valence-corrected chi connectivity index (χ4v) is 2.60. The van der Waals surface area contributed by atoms with Crippen molar-refractivity contribution in [1.82, 2.24) is 9.78 Å². The monoisotopic (exact) mass is 343 g/mol. The maximum atomic E-state index is 12.5. The van der Waals surface area contributed by atoms with Crippen molar-refractivity contribution in [3.05, 3.63) is 63.4 Å². The van der Waals surface area contributed by atoms with Crippen LogP contribution < -0.4 is 15.5 Å². The van der Waals surface area contributed by atoms with E-state index in [2.05, 4.69) is 10.4 Å². The summed E-state index contributed by atoms with van der Waals surface area (Å²) in [6.07, 6.45) is 0. The molecule has 0 spiro atoms. The average Bonchev–Trinajstić information content (AvgIpc) is 2.58. The molecule has 1 heterocycles. The number of ether oxygens (including phenoxy) is 1. The molecule has 122 valence electrons. The van der Waals surface area contributed by atoms with Gasteiger partial charge >= 0.3 is 0 Å². The Hall–Kier alpha value is -2.86. The number of rotatable bonds is 3. The van der Waals surface area contributed by atoms with Crippen molar-refractivity contribution in [2.75, 3.05) is 12.4 Å². The average molecular weight is 344 g/mol. The first-order chi connectivity index (χ1) is 11.5. The molecule has 0 unspecified atom stereocenters. The minimum Gasteiger partial charge on any atom is -0.495 e. The Morgan fingerprint density at radius 2 is 2.00 bits per heavy atom. The van der Waals surface area contributed by atoms with Gasteiger partial charge < -0.3 is 10.1 Å². The number of aromatic nitrogens is 2. The van der Waals surface area contributed by atoms with E-state index in [0.717, 1.165) is 0 Å². The lowest BCUT2D eigenvalue weighted by Crippen LogP contribution is -2.26. The number of nitrogens with one attached hydrogen (secondary N) is 1. The molecule has 3 aromatic rings. The standard InChI is InChI=1S/C17H14ClN3O3/c1-21-13-6-4-3-5-11(13)16(22)15(20-21)17(23)19-12-9-10(18)7-8-14(12)24-2/h3-9H,1-2H3,(H,19,23). The van der Waals surface area contributed by atoms with E-state index in [1.54, 1.807) is 49.5 Å². The molecule has 7 heteroatoms. The Morgan fingerprint density at radius 1 is 1.25 bits per heavy atom. The number of carbonyl (C=O) groups is 1. The molecule has 0 bridgehead atoms. The summed E-state index contributed by atoms with van der Waals surface area (Å²) in [5, 5.41) is 7.58. The Kier molecular flexibility index (Phi) is 4.22. The highest BCUT2D eigenvalue weighted by Gasteiger charge is 2.18. The van der Waals surface area contributed by atoms with Crippen LogP contribution in [0.2, 0.25) is 5.02 Å². The van der Waals surface area contributed by atoms with E-state index in [4.69, 9.17) is 16.3 Å². The zero-order valence-corrected chi connectivity index (χ0v) is 13.8. The number of hydrogen-bond donors (Lipinski definition) is 1. The SMILES string of the molecule is COc1ccc(Cl)cc1NC(=O)c1nn(C)c2ccccc2c1=O. The Labute approximate surface area is 142 Å². The number of para-hydroxylation sites is 1. The summed E-state index contributed by atoms with van der Waals surface area (Å²) in [5.41, 5.74) is 0.395. The molecule has 1 amide bonds. The van der Waals surface area contributed by atoms with Crippen LogP contribution >= 0.6 is 11.6 Å². The van der Waals surface area contributed by atoms with Crippen LogP contribution in [0.15, 0.2) is 47.3 Å². The smallest absolute Gasteiger partial charge is 0.280 e. The summed E-state index contributed by atoms with van der Waals surface area (Å²) in [6, 6.07) is 11.8. The number of hydrogen-bond acceptors (Lipinski definition) is 4. The second-order valence-electron chi connectivity index (χ2n) is 5.12. The van der Waals surface area contributed by atoms with Crippen molar-refractivity contribution < 1.29 is 9.53 Å². The predicted molar refractivity (Wildman–Crippen MR) is 92.9 cm³/mol. The van der Waals surface area contributed by atoms with Gasteiger partial charge in [0.1, 0.15) is 5.75 Å². The van der Waals surface area contributed by atoms with E-state index in [0.29, 0.717) is 27.4 Å². The number of halogens is 1. The molecule has 0 aliphatic heterocycles. The Morgan fingerprint density at radius 3 is 2.75 bits per heavy atom. The molecule has 2 aromatic carbocycles. The molecule has 3 rings (SSSR count). The maximum Gasteiger partial charge on any atom is 0.280 e. The molecule has 24 heavy (non-hydrogen) atoms. The molecule has 0 aliphatic carbocycles. The largest absolute Gasteiger partial charge is 0.495 e. The Balaban J connectivity index is 2.06. The first kappa shape index (κ1) is 16.0. The van der Waals surface area contributed by atoms with Gasteiger partial charge in [-0.2, -0.15) is 5.10 Å². The van der Waals surface area contributed by atoms with Crippen LogP contribution in [0.25, 0.3) is 10.9 Å². The Bertz CT molecular complexity index is 998. The van der Waals surface area contributed by atoms with Crippen LogP contribution in [0, 0.1) is 0 Å². The second kappa shape index (κ2) is 6.33. The summed E-state index contributed by atoms with van der Waals surface area (Å²) >= 11 is 5.95. The van der Waals surface area contributed by atoms with Crippen LogP contribution in [-0.4, -0.2) is 22.8 Å². The van der Waals surface area contributed by atoms with Crippen LogP contribution in [0.4, 0.5) is 5.69 Å². The van der Waals surface area contributed by atoms with Gasteiger partial charge in [0.05, 0.1) is 18.3 Å². The molecule has 0 fully saturated rings. The number of benzene rings is 2. The van der Waals surface area contributed by atoms with Crippen molar-refractivity contribution in [1.29, 1.82) is 0 Å². The number of nitrogens with zero attached hydrogens (tertiary/aromatic N) is 2. The van der Waals surface area contributed by atoms with Crippen molar-refractivity contribution in [3.63, 3.8) is 0 Å². The van der Waals surface area contributed by atoms with Crippen molar-refractivity contribution in [3.8, 4) is 5.75 Å². The molecule has 0 saturated carbocycles. The number of aryl methyl sites for hydroxylation is 1. The highest BCUT2D eigenvalue weighted by molar-refractivity contribution is 6.31. The van der Waals surface area contributed by atoms with E-state index >= 15 is 0 Å². The van der Waals surface area contributed by atoms with Gasteiger partial charge in [0.25, 0.3) is 5.91 Å². The molecule has 0 saturated heterocycles. The first-order valence-electron chi connectivity index (χ1n) is 7.12. The van der Waals surface area contributed by atoms with Crippen LogP contribution in [-0.2, 0) is 7.05 Å². The highest BCUT2D eigenvalue weighted by atomic mass is 35.5. The predicted octanol–water partition coefficient (Wildman–Crippen LogP) is 2.85. The van der Waals surface area contributed by atoms with Crippen LogP contribution in [0.1, 0.15) is 10.5 Å². The third kappa shape index (κ3) is 2.83. The van der Waals surface area contributed by atoms with E-state index in [1.165, 1.54) is 11.8 Å². The number of amides is 1. The van der Waals surface area contributed by atoms with E-state index < -0.39 is 11.3 Å². The van der Waals surface area contributed by atoms with E-state index in [1.807, 2.05) is 0 Å². The molecule has 6 nitrogen and oxygen atoms in total. The normalized spacial score (nSPS) is 10.6. The van der Waals surface area contributed by atoms with Gasteiger partial charge in [0.15, 0.2) is 5.69 Å². The van der Waals surface area contributed by atoms with Gasteiger partial charge in [0.2, 0.25) is 5.43 Å². The van der Waals surface area contributed by atoms with Gasteiger partial charge in [-0.05, 0) is 30.3 Å². The second-order valence-corrected chi connectivity index (χ2v) is 5.55. The van der Waals surface area contributed by atoms with Crippen molar-refractivity contribution in [2.24, 2.45) is 7.05 Å². The summed E-state index contributed by atoms with van der Waals surface area (Å²) in [6.45, 7) is 0. The number of carbonyl (C=O) groups excluding carboxylic acids is 1. The lowest BCUT2D eigenvalue weighted by Gasteiger charge is -2.11. The van der Waals surface area contributed by atoms with Crippen molar-refractivity contribution >= 4 is 34.1 Å². The van der Waals surface area contributed by atoms with E-state index in [-0.39, 0.29) is 5.69 Å². The van der Waals surface area contributed by atoms with Gasteiger partial charge in [-0.15, -0.1) is 0 Å². The number of methoxy groups -OCH3 is 1. The third-order valence-corrected chi connectivity index (χ3v) is 3.82. The summed E-state index contributed by atoms with van der Waals surface area (Å²) in [4.78, 5) is 25.1. The highest BCUT2D eigenvalue weighted by Crippen LogP contribution is 2.27. The zero-order chi connectivity index (χ0) is 17.3. The number of fused-ring (bicyclic) bond motifs is 1. The fraction of sp³-hybridized carbons (Fsp3) is 0.118. The van der Waals surface area contributed by atoms with Gasteiger partial charge in [0, 0.05) is 17.5 Å². The molecular weight excluding hydrogens is 330 g/mol. The molecule has 0 atom stereocenters. The molecular formula is C17H14ClN3O3. The molecule has 1 N–H and O–H groups in total. The topological polar surface area (TPSA) is 73.2 Å². The van der Waals surface area contributed by atoms with Gasteiger partial charge in [-0.25, -0.2) is 0 Å². The number of anilines is 1. The quantitative estimate of drug-likeness (QED) is 0.793. The summed E-state index contributed by atoms with van der Waals surface area (Å²) < 4.78 is 6.69. The molecule has 0 radical (unpaired) electrons. The van der Waals surface area contributed by atoms with E-state index in [9.17, 15) is 9.59 Å². The van der Waals surface area contributed by atoms with Gasteiger partial charge in [-0.3, -0.25) is 14.3 Å². The fourth-order valence-electron chi connectivity index (χ4n) is 2.43. The van der Waals surface area contributed by atoms with Gasteiger partial charge in [-0.1, -0.05) is 23.7 Å². The summed E-state index contributed by atoms with van der Waals surface area (Å²) in [5.74, 6) is -0.188. The molecule has 1 aromatic heterocycles. The summed E-state index contributed by atoms with van der Waals surface area (Å²) in [7, 11) is 3.16. The molecule has 0 aliphatic rings. The lowest BCUT2D eigenvalue weighted by atomic mass is 10.2. The minimum atomic E-state index is -0.623. The first-order valence-corrected chi connectivity index (χ1v) is 7.50.